The molecule has 1 amide bonds. The summed E-state index contributed by atoms with van der Waals surface area (Å²) in [5.41, 5.74) is 3.47. The van der Waals surface area contributed by atoms with Crippen molar-refractivity contribution >= 4 is 23.4 Å². The Kier molecular flexibility index (Phi) is 6.42. The Hall–Kier alpha value is -3.78. The topological polar surface area (TPSA) is 95.1 Å². The molecule has 0 saturated heterocycles. The number of hydrogen-bond donors (Lipinski definition) is 2. The van der Waals surface area contributed by atoms with E-state index in [2.05, 4.69) is 15.5 Å². The molecule has 1 atom stereocenters. The maximum absolute atomic E-state index is 13.3. The highest BCUT2D eigenvalue weighted by atomic mass is 32.2. The molecule has 0 aliphatic heterocycles. The number of nitrogens with two attached hydrogens (primary N) is 1. The number of ether oxygens (including phenoxy) is 1. The zero-order valence-electron chi connectivity index (χ0n) is 17.7. The third-order valence-electron chi connectivity index (χ3n) is 4.88. The summed E-state index contributed by atoms with van der Waals surface area (Å²) in [6.07, 6.45) is 0. The number of nitrogens with one attached hydrogen (secondary N) is 1. The summed E-state index contributed by atoms with van der Waals surface area (Å²) in [4.78, 5) is 13.3. The van der Waals surface area contributed by atoms with Gasteiger partial charge in [0.1, 0.15) is 11.0 Å². The number of carbonyl (C=O) groups excluding carboxylic acids is 1. The monoisotopic (exact) mass is 445 g/mol. The van der Waals surface area contributed by atoms with Gasteiger partial charge in [0.05, 0.1) is 7.11 Å². The normalized spacial score (nSPS) is 11.7. The van der Waals surface area contributed by atoms with Gasteiger partial charge in [0.25, 0.3) is 0 Å². The summed E-state index contributed by atoms with van der Waals surface area (Å²) < 4.78 is 6.67. The van der Waals surface area contributed by atoms with Crippen LogP contribution in [-0.4, -0.2) is 27.9 Å². The van der Waals surface area contributed by atoms with Crippen molar-refractivity contribution < 1.29 is 9.53 Å². The van der Waals surface area contributed by atoms with Crippen molar-refractivity contribution in [1.82, 2.24) is 14.9 Å². The van der Waals surface area contributed by atoms with Crippen LogP contribution in [0.25, 0.3) is 11.4 Å². The average Bonchev–Trinajstić information content (AvgIpc) is 3.18. The fourth-order valence-corrected chi connectivity index (χ4v) is 4.13. The van der Waals surface area contributed by atoms with Crippen LogP contribution in [0.5, 0.6) is 5.75 Å². The molecule has 0 saturated carbocycles. The Balaban J connectivity index is 1.62. The molecule has 4 aromatic rings. The molecular weight excluding hydrogens is 422 g/mol. The van der Waals surface area contributed by atoms with Crippen LogP contribution in [-0.2, 0) is 4.79 Å². The van der Waals surface area contributed by atoms with Crippen LogP contribution in [0.3, 0.4) is 0 Å². The number of nitrogen functional groups attached to an aromatic ring is 1. The summed E-state index contributed by atoms with van der Waals surface area (Å²) in [6.45, 7) is 2.02. The Morgan fingerprint density at radius 1 is 1.03 bits per heavy atom. The Bertz CT molecular complexity index is 1210. The molecule has 7 nitrogen and oxygen atoms in total. The highest BCUT2D eigenvalue weighted by Crippen LogP contribution is 2.36. The van der Waals surface area contributed by atoms with Crippen LogP contribution in [0.4, 0.5) is 5.69 Å². The van der Waals surface area contributed by atoms with Crippen molar-refractivity contribution in [1.29, 1.82) is 0 Å². The molecule has 0 aliphatic carbocycles. The van der Waals surface area contributed by atoms with Crippen LogP contribution < -0.4 is 15.9 Å². The molecule has 0 spiro atoms. The number of benzene rings is 3. The van der Waals surface area contributed by atoms with Crippen molar-refractivity contribution in [2.45, 2.75) is 17.3 Å². The van der Waals surface area contributed by atoms with Gasteiger partial charge in [-0.1, -0.05) is 78.0 Å². The molecule has 3 aromatic carbocycles. The average molecular weight is 446 g/mol. The van der Waals surface area contributed by atoms with E-state index >= 15 is 0 Å². The lowest BCUT2D eigenvalue weighted by Crippen LogP contribution is -2.20. The first-order chi connectivity index (χ1) is 15.5. The van der Waals surface area contributed by atoms with E-state index in [1.807, 2.05) is 79.7 Å². The van der Waals surface area contributed by atoms with Crippen molar-refractivity contribution in [2.75, 3.05) is 18.3 Å². The zero-order valence-corrected chi connectivity index (χ0v) is 18.5. The minimum atomic E-state index is -0.584. The number of amides is 1. The third-order valence-corrected chi connectivity index (χ3v) is 6.09. The molecule has 1 unspecified atom stereocenters. The van der Waals surface area contributed by atoms with E-state index in [9.17, 15) is 4.79 Å². The first-order valence-corrected chi connectivity index (χ1v) is 10.9. The lowest BCUT2D eigenvalue weighted by atomic mass is 10.1. The lowest BCUT2D eigenvalue weighted by molar-refractivity contribution is -0.115. The second-order valence-electron chi connectivity index (χ2n) is 7.17. The van der Waals surface area contributed by atoms with E-state index in [0.29, 0.717) is 22.4 Å². The second kappa shape index (κ2) is 9.57. The number of aromatic nitrogens is 3. The molecule has 0 radical (unpaired) electrons. The maximum atomic E-state index is 13.3. The number of rotatable bonds is 7. The van der Waals surface area contributed by atoms with Gasteiger partial charge in [0.2, 0.25) is 11.1 Å². The number of aryl methyl sites for hydroxylation is 1. The lowest BCUT2D eigenvalue weighted by Gasteiger charge is -2.17. The minimum Gasteiger partial charge on any atom is -0.497 e. The van der Waals surface area contributed by atoms with Crippen molar-refractivity contribution in [2.24, 2.45) is 0 Å². The molecule has 1 aromatic heterocycles. The molecular formula is C24H23N5O2S. The number of carbonyl (C=O) groups is 1. The largest absolute Gasteiger partial charge is 0.497 e. The van der Waals surface area contributed by atoms with E-state index in [1.54, 1.807) is 13.2 Å². The minimum absolute atomic E-state index is 0.200. The predicted molar refractivity (Wildman–Crippen MR) is 127 cm³/mol. The summed E-state index contributed by atoms with van der Waals surface area (Å²) in [7, 11) is 1.59. The fourth-order valence-electron chi connectivity index (χ4n) is 3.17. The van der Waals surface area contributed by atoms with E-state index in [1.165, 1.54) is 16.4 Å². The fraction of sp³-hybridized carbons (Fsp3) is 0.125. The van der Waals surface area contributed by atoms with Gasteiger partial charge in [-0.25, -0.2) is 4.68 Å². The molecule has 1 heterocycles. The molecule has 4 rings (SSSR count). The maximum Gasteiger partial charge on any atom is 0.242 e. The number of nitrogens with zero attached hydrogens (tertiary/aromatic N) is 3. The van der Waals surface area contributed by atoms with Crippen molar-refractivity contribution in [3.63, 3.8) is 0 Å². The molecule has 162 valence electrons. The van der Waals surface area contributed by atoms with Crippen LogP contribution in [0.2, 0.25) is 0 Å². The van der Waals surface area contributed by atoms with Gasteiger partial charge in [-0.15, -0.1) is 10.2 Å². The Labute approximate surface area is 190 Å². The van der Waals surface area contributed by atoms with Gasteiger partial charge in [0, 0.05) is 17.3 Å². The number of methoxy groups -OCH3 is 1. The smallest absolute Gasteiger partial charge is 0.242 e. The number of thioether (sulfide) groups is 1. The quantitative estimate of drug-likeness (QED) is 0.322. The van der Waals surface area contributed by atoms with Crippen LogP contribution in [0, 0.1) is 6.92 Å². The van der Waals surface area contributed by atoms with Gasteiger partial charge in [0.15, 0.2) is 5.82 Å². The molecule has 0 bridgehead atoms. The first-order valence-electron chi connectivity index (χ1n) is 9.99. The first kappa shape index (κ1) is 21.5. The van der Waals surface area contributed by atoms with E-state index in [0.717, 1.165) is 16.7 Å². The van der Waals surface area contributed by atoms with E-state index in [4.69, 9.17) is 10.6 Å². The second-order valence-corrected chi connectivity index (χ2v) is 8.24. The molecule has 32 heavy (non-hydrogen) atoms. The predicted octanol–water partition coefficient (Wildman–Crippen LogP) is 4.45. The SMILES string of the molecule is COc1cccc(NC(=O)C(Sc2nnc(-c3ccc(C)cc3)n2N)c2ccccc2)c1. The molecule has 8 heteroatoms. The summed E-state index contributed by atoms with van der Waals surface area (Å²) >= 11 is 1.25. The van der Waals surface area contributed by atoms with Gasteiger partial charge in [-0.05, 0) is 24.6 Å². The van der Waals surface area contributed by atoms with Gasteiger partial charge >= 0.3 is 0 Å². The highest BCUT2D eigenvalue weighted by molar-refractivity contribution is 8.00. The van der Waals surface area contributed by atoms with Crippen molar-refractivity contribution in [3.05, 3.63) is 90.0 Å². The molecule has 0 aliphatic rings. The third kappa shape index (κ3) is 4.76. The summed E-state index contributed by atoms with van der Waals surface area (Å²) in [5, 5.41) is 11.3. The molecule has 0 fully saturated rings. The molecule has 3 N–H and O–H groups in total. The van der Waals surface area contributed by atoms with Crippen LogP contribution in [0.1, 0.15) is 16.4 Å². The van der Waals surface area contributed by atoms with E-state index < -0.39 is 5.25 Å². The number of anilines is 1. The van der Waals surface area contributed by atoms with Gasteiger partial charge in [-0.3, -0.25) is 4.79 Å². The summed E-state index contributed by atoms with van der Waals surface area (Å²) in [5.74, 6) is 7.31. The van der Waals surface area contributed by atoms with E-state index in [-0.39, 0.29) is 5.91 Å². The summed E-state index contributed by atoms with van der Waals surface area (Å²) in [6, 6.07) is 24.6. The Morgan fingerprint density at radius 2 is 1.78 bits per heavy atom. The van der Waals surface area contributed by atoms with Gasteiger partial charge < -0.3 is 15.9 Å². The zero-order chi connectivity index (χ0) is 22.5. The number of hydrogen-bond acceptors (Lipinski definition) is 6. The standard InChI is InChI=1S/C24H23N5O2S/c1-16-11-13-18(14-12-16)22-27-28-24(29(22)25)32-21(17-7-4-3-5-8-17)23(30)26-19-9-6-10-20(15-19)31-2/h3-15,21H,25H2,1-2H3,(H,26,30). The van der Waals surface area contributed by atoms with Gasteiger partial charge in [-0.2, -0.15) is 0 Å². The van der Waals surface area contributed by atoms with Crippen LogP contribution >= 0.6 is 11.8 Å². The highest BCUT2D eigenvalue weighted by Gasteiger charge is 2.26. The van der Waals surface area contributed by atoms with Crippen LogP contribution in [0.15, 0.2) is 84.0 Å². The van der Waals surface area contributed by atoms with Crippen molar-refractivity contribution in [3.8, 4) is 17.1 Å². The Morgan fingerprint density at radius 3 is 2.50 bits per heavy atom.